The molecule has 0 aliphatic heterocycles. The van der Waals surface area contributed by atoms with Crippen molar-refractivity contribution in [2.75, 3.05) is 19.1 Å². The second-order valence-corrected chi connectivity index (χ2v) is 3.74. The van der Waals surface area contributed by atoms with Gasteiger partial charge in [-0.2, -0.15) is 11.8 Å². The van der Waals surface area contributed by atoms with Gasteiger partial charge in [0, 0.05) is 11.8 Å². The summed E-state index contributed by atoms with van der Waals surface area (Å²) in [6, 6.07) is 0.429. The molecular weight excluding hydrogens is 178 g/mol. The van der Waals surface area contributed by atoms with Crippen LogP contribution in [0, 0.1) is 0 Å². The molecule has 0 bridgehead atoms. The minimum absolute atomic E-state index is 0.429. The van der Waals surface area contributed by atoms with Crippen LogP contribution in [0.5, 0.6) is 0 Å². The number of hydrogen-bond acceptors (Lipinski definition) is 2. The Kier molecular flexibility index (Phi) is 4.69. The highest BCUT2D eigenvalue weighted by atomic mass is 32.2. The summed E-state index contributed by atoms with van der Waals surface area (Å²) in [6.45, 7) is 0. The van der Waals surface area contributed by atoms with Gasteiger partial charge in [-0.1, -0.05) is 18.2 Å². The molecule has 1 rings (SSSR count). The van der Waals surface area contributed by atoms with Crippen molar-refractivity contribution in [3.63, 3.8) is 0 Å². The third-order valence-corrected chi connectivity index (χ3v) is 2.59. The van der Waals surface area contributed by atoms with Crippen molar-refractivity contribution in [3.05, 3.63) is 41.7 Å². The van der Waals surface area contributed by atoms with E-state index in [4.69, 9.17) is 0 Å². The van der Waals surface area contributed by atoms with Crippen LogP contribution >= 0.6 is 11.8 Å². The van der Waals surface area contributed by atoms with Gasteiger partial charge in [0.05, 0.1) is 0 Å². The number of nitrogens with one attached hydrogen (secondary N) is 1. The van der Waals surface area contributed by atoms with Crippen molar-refractivity contribution >= 4 is 11.8 Å². The summed E-state index contributed by atoms with van der Waals surface area (Å²) in [5, 5.41) is 3.29. The minimum atomic E-state index is 0.429. The van der Waals surface area contributed by atoms with Gasteiger partial charge in [-0.15, -0.1) is 5.73 Å². The van der Waals surface area contributed by atoms with E-state index in [1.807, 2.05) is 37.0 Å². The second-order valence-electron chi connectivity index (χ2n) is 2.83. The van der Waals surface area contributed by atoms with E-state index in [2.05, 4.69) is 29.5 Å². The standard InChI is InChI=1S/C11H15NS/c1-12-11(9-13-2)10-7-5-3-4-6-8-10/h3-5,7-8,11-12H,9H2,1-2H3. The van der Waals surface area contributed by atoms with Crippen LogP contribution in [0.4, 0.5) is 0 Å². The first-order chi connectivity index (χ1) is 6.38. The largest absolute Gasteiger partial charge is 0.312 e. The molecule has 13 heavy (non-hydrogen) atoms. The van der Waals surface area contributed by atoms with Gasteiger partial charge < -0.3 is 5.32 Å². The van der Waals surface area contributed by atoms with E-state index >= 15 is 0 Å². The van der Waals surface area contributed by atoms with Crippen molar-refractivity contribution in [1.29, 1.82) is 0 Å². The fraction of sp³-hybridized carbons (Fsp3) is 0.364. The average Bonchev–Trinajstić information content (AvgIpc) is 2.42. The molecule has 0 aromatic carbocycles. The zero-order chi connectivity index (χ0) is 9.52. The number of hydrogen-bond donors (Lipinski definition) is 1. The topological polar surface area (TPSA) is 12.0 Å². The monoisotopic (exact) mass is 193 g/mol. The molecule has 2 heteroatoms. The van der Waals surface area contributed by atoms with Gasteiger partial charge >= 0.3 is 0 Å². The van der Waals surface area contributed by atoms with Crippen molar-refractivity contribution in [2.45, 2.75) is 6.04 Å². The summed E-state index contributed by atoms with van der Waals surface area (Å²) >= 11 is 1.85. The van der Waals surface area contributed by atoms with Crippen LogP contribution in [0.25, 0.3) is 0 Å². The molecule has 0 saturated heterocycles. The van der Waals surface area contributed by atoms with E-state index in [1.54, 1.807) is 0 Å². The Bertz CT molecular complexity index is 270. The van der Waals surface area contributed by atoms with E-state index in [9.17, 15) is 0 Å². The molecule has 0 heterocycles. The van der Waals surface area contributed by atoms with Crippen molar-refractivity contribution in [2.24, 2.45) is 0 Å². The molecule has 0 spiro atoms. The Morgan fingerprint density at radius 2 is 2.38 bits per heavy atom. The molecule has 1 aliphatic rings. The fourth-order valence-corrected chi connectivity index (χ4v) is 1.89. The second kappa shape index (κ2) is 5.87. The van der Waals surface area contributed by atoms with Crippen LogP contribution in [-0.4, -0.2) is 25.1 Å². The summed E-state index contributed by atoms with van der Waals surface area (Å²) in [6.07, 6.45) is 12.3. The molecule has 0 saturated carbocycles. The molecular formula is C11H15NS. The van der Waals surface area contributed by atoms with E-state index in [0.717, 1.165) is 5.75 Å². The van der Waals surface area contributed by atoms with Crippen LogP contribution in [0.3, 0.4) is 0 Å². The Balaban J connectivity index is 2.72. The molecule has 70 valence electrons. The zero-order valence-electron chi connectivity index (χ0n) is 8.08. The Morgan fingerprint density at radius 1 is 1.54 bits per heavy atom. The number of allylic oxidation sites excluding steroid dienone is 3. The smallest absolute Gasteiger partial charge is 0.0415 e. The third-order valence-electron chi connectivity index (χ3n) is 1.93. The van der Waals surface area contributed by atoms with Gasteiger partial charge in [-0.25, -0.2) is 0 Å². The van der Waals surface area contributed by atoms with Crippen LogP contribution in [0.1, 0.15) is 0 Å². The molecule has 0 fully saturated rings. The number of rotatable bonds is 4. The maximum atomic E-state index is 3.29. The first-order valence-electron chi connectivity index (χ1n) is 4.34. The van der Waals surface area contributed by atoms with Gasteiger partial charge in [-0.3, -0.25) is 0 Å². The fourth-order valence-electron chi connectivity index (χ4n) is 1.20. The lowest BCUT2D eigenvalue weighted by atomic mass is 10.1. The van der Waals surface area contributed by atoms with Crippen molar-refractivity contribution in [3.8, 4) is 0 Å². The predicted molar refractivity (Wildman–Crippen MR) is 61.1 cm³/mol. The molecule has 0 aromatic rings. The summed E-state index contributed by atoms with van der Waals surface area (Å²) < 4.78 is 0. The Labute approximate surface area is 84.3 Å². The maximum absolute atomic E-state index is 3.29. The first kappa shape index (κ1) is 10.4. The quantitative estimate of drug-likeness (QED) is 0.687. The lowest BCUT2D eigenvalue weighted by Gasteiger charge is -2.15. The van der Waals surface area contributed by atoms with E-state index < -0.39 is 0 Å². The van der Waals surface area contributed by atoms with Gasteiger partial charge in [0.2, 0.25) is 0 Å². The molecule has 0 aromatic heterocycles. The van der Waals surface area contributed by atoms with Gasteiger partial charge in [0.1, 0.15) is 0 Å². The highest BCUT2D eigenvalue weighted by Crippen LogP contribution is 2.10. The molecule has 1 aliphatic carbocycles. The summed E-state index contributed by atoms with van der Waals surface area (Å²) in [4.78, 5) is 0. The predicted octanol–water partition coefficient (Wildman–Crippen LogP) is 2.14. The lowest BCUT2D eigenvalue weighted by Crippen LogP contribution is -2.29. The number of thioether (sulfide) groups is 1. The zero-order valence-corrected chi connectivity index (χ0v) is 8.90. The van der Waals surface area contributed by atoms with E-state index in [0.29, 0.717) is 6.04 Å². The van der Waals surface area contributed by atoms with Crippen molar-refractivity contribution < 1.29 is 0 Å². The summed E-state index contributed by atoms with van der Waals surface area (Å²) in [5.74, 6) is 1.09. The maximum Gasteiger partial charge on any atom is 0.0415 e. The molecule has 1 unspecified atom stereocenters. The molecule has 1 N–H and O–H groups in total. The highest BCUT2D eigenvalue weighted by molar-refractivity contribution is 7.98. The van der Waals surface area contributed by atoms with Crippen LogP contribution in [-0.2, 0) is 0 Å². The molecule has 0 amide bonds. The third kappa shape index (κ3) is 3.27. The highest BCUT2D eigenvalue weighted by Gasteiger charge is 2.07. The van der Waals surface area contributed by atoms with E-state index in [-0.39, 0.29) is 0 Å². The molecule has 1 nitrogen and oxygen atoms in total. The van der Waals surface area contributed by atoms with Gasteiger partial charge in [0.15, 0.2) is 0 Å². The Morgan fingerprint density at radius 3 is 3.08 bits per heavy atom. The number of likely N-dealkylation sites (N-methyl/N-ethyl adjacent to an activating group) is 1. The first-order valence-corrected chi connectivity index (χ1v) is 5.73. The average molecular weight is 193 g/mol. The SMILES string of the molecule is CNC(CSC)C1=CC=CC=C=C1. The minimum Gasteiger partial charge on any atom is -0.312 e. The van der Waals surface area contributed by atoms with Crippen LogP contribution in [0.15, 0.2) is 41.7 Å². The van der Waals surface area contributed by atoms with Crippen LogP contribution in [0.2, 0.25) is 0 Å². The Hall–Kier alpha value is -0.690. The van der Waals surface area contributed by atoms with Crippen LogP contribution < -0.4 is 5.32 Å². The summed E-state index contributed by atoms with van der Waals surface area (Å²) in [5.41, 5.74) is 4.41. The van der Waals surface area contributed by atoms with Gasteiger partial charge in [0.25, 0.3) is 0 Å². The summed E-state index contributed by atoms with van der Waals surface area (Å²) in [7, 11) is 1.99. The molecule has 1 atom stereocenters. The van der Waals surface area contributed by atoms with Crippen molar-refractivity contribution in [1.82, 2.24) is 5.32 Å². The normalized spacial score (nSPS) is 16.9. The van der Waals surface area contributed by atoms with Gasteiger partial charge in [-0.05, 0) is 31.0 Å². The lowest BCUT2D eigenvalue weighted by molar-refractivity contribution is 0.715. The van der Waals surface area contributed by atoms with E-state index in [1.165, 1.54) is 5.57 Å². The molecule has 0 radical (unpaired) electrons.